The molecule has 3 aromatic rings. The van der Waals surface area contributed by atoms with Gasteiger partial charge in [0.15, 0.2) is 11.5 Å². The van der Waals surface area contributed by atoms with Crippen molar-refractivity contribution in [2.24, 2.45) is 5.10 Å². The fourth-order valence-electron chi connectivity index (χ4n) is 2.29. The maximum absolute atomic E-state index is 5.36. The van der Waals surface area contributed by atoms with Crippen LogP contribution in [0, 0.1) is 0 Å². The molecule has 2 heterocycles. The van der Waals surface area contributed by atoms with Gasteiger partial charge in [0.25, 0.3) is 5.95 Å². The Kier molecular flexibility index (Phi) is 4.26. The van der Waals surface area contributed by atoms with E-state index in [0.29, 0.717) is 17.4 Å². The Morgan fingerprint density at radius 3 is 2.76 bits per heavy atom. The van der Waals surface area contributed by atoms with Crippen molar-refractivity contribution in [3.63, 3.8) is 0 Å². The predicted octanol–water partition coefficient (Wildman–Crippen LogP) is 3.48. The van der Waals surface area contributed by atoms with Crippen LogP contribution in [-0.2, 0) is 0 Å². The van der Waals surface area contributed by atoms with Gasteiger partial charge in [0.05, 0.1) is 18.1 Å². The average molecular weight is 398 g/mol. The number of halogens is 1. The molecule has 124 valence electrons. The molecule has 0 aliphatic carbocycles. The predicted molar refractivity (Wildman–Crippen MR) is 96.7 cm³/mol. The number of aromatic nitrogens is 3. The number of hydrogen-bond acceptors (Lipinski definition) is 7. The lowest BCUT2D eigenvalue weighted by Crippen LogP contribution is -2.00. The van der Waals surface area contributed by atoms with Crippen molar-refractivity contribution in [1.82, 2.24) is 15.2 Å². The zero-order valence-electron chi connectivity index (χ0n) is 12.9. The molecule has 0 atom stereocenters. The Balaban J connectivity index is 1.51. The number of ether oxygens (including phenoxy) is 2. The number of hydrazone groups is 1. The fourth-order valence-corrected chi connectivity index (χ4v) is 2.72. The molecule has 2 aromatic carbocycles. The fraction of sp³-hybridized carbons (Fsp3) is 0.0588. The molecule has 0 unspecified atom stereocenters. The molecule has 1 N–H and O–H groups in total. The van der Waals surface area contributed by atoms with Crippen LogP contribution < -0.4 is 14.9 Å². The van der Waals surface area contributed by atoms with E-state index in [-0.39, 0.29) is 6.79 Å². The number of benzene rings is 2. The molecule has 0 amide bonds. The summed E-state index contributed by atoms with van der Waals surface area (Å²) in [6.07, 6.45) is 3.25. The van der Waals surface area contributed by atoms with Gasteiger partial charge in [-0.3, -0.25) is 0 Å². The second kappa shape index (κ2) is 6.86. The van der Waals surface area contributed by atoms with E-state index >= 15 is 0 Å². The summed E-state index contributed by atoms with van der Waals surface area (Å²) in [7, 11) is 0. The lowest BCUT2D eigenvalue weighted by Gasteiger charge is -2.03. The standard InChI is InChI=1S/C17H12BrN5O2/c18-13-7-16-15(24-10-25-16)6-12(13)8-19-22-17-21-14(9-20-23-17)11-4-2-1-3-5-11/h1-9H,10H2,(H,21,22,23)/b19-8+. The van der Waals surface area contributed by atoms with Gasteiger partial charge in [-0.1, -0.05) is 30.3 Å². The molecule has 0 radical (unpaired) electrons. The minimum absolute atomic E-state index is 0.229. The number of nitrogens with one attached hydrogen (secondary N) is 1. The molecule has 0 fully saturated rings. The van der Waals surface area contributed by atoms with Crippen LogP contribution in [0.3, 0.4) is 0 Å². The van der Waals surface area contributed by atoms with E-state index in [9.17, 15) is 0 Å². The van der Waals surface area contributed by atoms with Crippen molar-refractivity contribution in [3.8, 4) is 22.8 Å². The van der Waals surface area contributed by atoms with Crippen molar-refractivity contribution < 1.29 is 9.47 Å². The summed E-state index contributed by atoms with van der Waals surface area (Å²) in [6, 6.07) is 13.4. The van der Waals surface area contributed by atoms with Crippen LogP contribution in [0.1, 0.15) is 5.56 Å². The Bertz CT molecular complexity index is 934. The van der Waals surface area contributed by atoms with Gasteiger partial charge in [0, 0.05) is 15.6 Å². The SMILES string of the molecule is Brc1cc2c(cc1/C=N/Nc1nncc(-c3ccccc3)n1)OCO2. The number of fused-ring (bicyclic) bond motifs is 1. The van der Waals surface area contributed by atoms with E-state index in [1.807, 2.05) is 42.5 Å². The van der Waals surface area contributed by atoms with E-state index in [1.165, 1.54) is 0 Å². The molecule has 1 aliphatic heterocycles. The van der Waals surface area contributed by atoms with E-state index in [0.717, 1.165) is 21.3 Å². The lowest BCUT2D eigenvalue weighted by molar-refractivity contribution is 0.174. The molecule has 1 aromatic heterocycles. The number of nitrogens with zero attached hydrogens (tertiary/aromatic N) is 4. The Morgan fingerprint density at radius 1 is 1.12 bits per heavy atom. The largest absolute Gasteiger partial charge is 0.454 e. The third kappa shape index (κ3) is 3.43. The summed E-state index contributed by atoms with van der Waals surface area (Å²) in [6.45, 7) is 0.229. The first-order chi connectivity index (χ1) is 12.3. The van der Waals surface area contributed by atoms with Gasteiger partial charge in [-0.25, -0.2) is 10.4 Å². The van der Waals surface area contributed by atoms with Crippen molar-refractivity contribution in [2.75, 3.05) is 12.2 Å². The quantitative estimate of drug-likeness (QED) is 0.536. The summed E-state index contributed by atoms with van der Waals surface area (Å²) in [4.78, 5) is 4.40. The number of hydrogen-bond donors (Lipinski definition) is 1. The number of rotatable bonds is 4. The Morgan fingerprint density at radius 2 is 1.92 bits per heavy atom. The topological polar surface area (TPSA) is 81.5 Å². The second-order valence-corrected chi connectivity index (χ2v) is 5.98. The molecule has 0 bridgehead atoms. The molecule has 1 aliphatic rings. The maximum Gasteiger partial charge on any atom is 0.263 e. The van der Waals surface area contributed by atoms with Gasteiger partial charge in [0.2, 0.25) is 6.79 Å². The monoisotopic (exact) mass is 397 g/mol. The van der Waals surface area contributed by atoms with Gasteiger partial charge in [-0.15, -0.1) is 5.10 Å². The molecule has 8 heteroatoms. The maximum atomic E-state index is 5.36. The summed E-state index contributed by atoms with van der Waals surface area (Å²) < 4.78 is 11.5. The summed E-state index contributed by atoms with van der Waals surface area (Å²) >= 11 is 3.48. The first-order valence-corrected chi connectivity index (χ1v) is 8.22. The number of anilines is 1. The minimum Gasteiger partial charge on any atom is -0.454 e. The summed E-state index contributed by atoms with van der Waals surface area (Å²) in [5.41, 5.74) is 5.31. The zero-order chi connectivity index (χ0) is 17.1. The van der Waals surface area contributed by atoms with Crippen LogP contribution in [0.25, 0.3) is 11.3 Å². The van der Waals surface area contributed by atoms with Crippen molar-refractivity contribution in [3.05, 3.63) is 58.7 Å². The normalized spacial score (nSPS) is 12.5. The first kappa shape index (κ1) is 15.5. The van der Waals surface area contributed by atoms with Gasteiger partial charge in [0.1, 0.15) is 0 Å². The molecule has 0 saturated carbocycles. The van der Waals surface area contributed by atoms with Gasteiger partial charge >= 0.3 is 0 Å². The molecule has 7 nitrogen and oxygen atoms in total. The van der Waals surface area contributed by atoms with Crippen molar-refractivity contribution in [1.29, 1.82) is 0 Å². The highest BCUT2D eigenvalue weighted by Gasteiger charge is 2.15. The summed E-state index contributed by atoms with van der Waals surface area (Å²) in [5.74, 6) is 1.71. The highest BCUT2D eigenvalue weighted by atomic mass is 79.9. The van der Waals surface area contributed by atoms with Crippen LogP contribution in [0.4, 0.5) is 5.95 Å². The minimum atomic E-state index is 0.229. The Labute approximate surface area is 151 Å². The van der Waals surface area contributed by atoms with Gasteiger partial charge in [-0.05, 0) is 28.1 Å². The molecule has 25 heavy (non-hydrogen) atoms. The molecular weight excluding hydrogens is 386 g/mol. The highest BCUT2D eigenvalue weighted by molar-refractivity contribution is 9.10. The van der Waals surface area contributed by atoms with Crippen LogP contribution in [0.5, 0.6) is 11.5 Å². The highest BCUT2D eigenvalue weighted by Crippen LogP contribution is 2.36. The third-order valence-corrected chi connectivity index (χ3v) is 4.18. The molecule has 0 spiro atoms. The molecule has 4 rings (SSSR count). The first-order valence-electron chi connectivity index (χ1n) is 7.43. The van der Waals surface area contributed by atoms with Crippen LogP contribution in [0.2, 0.25) is 0 Å². The second-order valence-electron chi connectivity index (χ2n) is 5.13. The van der Waals surface area contributed by atoms with E-state index in [2.05, 4.69) is 41.6 Å². The summed E-state index contributed by atoms with van der Waals surface area (Å²) in [5, 5.41) is 12.1. The van der Waals surface area contributed by atoms with E-state index in [1.54, 1.807) is 12.4 Å². The van der Waals surface area contributed by atoms with Crippen LogP contribution in [0.15, 0.2) is 58.2 Å². The van der Waals surface area contributed by atoms with E-state index < -0.39 is 0 Å². The lowest BCUT2D eigenvalue weighted by atomic mass is 10.2. The average Bonchev–Trinajstić information content (AvgIpc) is 3.10. The van der Waals surface area contributed by atoms with Crippen LogP contribution >= 0.6 is 15.9 Å². The van der Waals surface area contributed by atoms with E-state index in [4.69, 9.17) is 9.47 Å². The zero-order valence-corrected chi connectivity index (χ0v) is 14.5. The van der Waals surface area contributed by atoms with Gasteiger partial charge in [-0.2, -0.15) is 10.2 Å². The molecular formula is C17H12BrN5O2. The third-order valence-electron chi connectivity index (χ3n) is 3.49. The van der Waals surface area contributed by atoms with Crippen LogP contribution in [-0.4, -0.2) is 28.2 Å². The molecule has 0 saturated heterocycles. The van der Waals surface area contributed by atoms with Gasteiger partial charge < -0.3 is 9.47 Å². The van der Waals surface area contributed by atoms with Crippen molar-refractivity contribution in [2.45, 2.75) is 0 Å². The van der Waals surface area contributed by atoms with Crippen molar-refractivity contribution >= 4 is 28.1 Å². The Hall–Kier alpha value is -3.00. The smallest absolute Gasteiger partial charge is 0.263 e.